The van der Waals surface area contributed by atoms with Crippen LogP contribution in [-0.4, -0.2) is 21.6 Å². The largest absolute Gasteiger partial charge is 0.301 e. The quantitative estimate of drug-likeness (QED) is 0.719. The zero-order chi connectivity index (χ0) is 15.4. The van der Waals surface area contributed by atoms with E-state index in [9.17, 15) is 4.79 Å². The number of benzene rings is 1. The van der Waals surface area contributed by atoms with Gasteiger partial charge in [0.15, 0.2) is 5.13 Å². The molecule has 2 aromatic heterocycles. The summed E-state index contributed by atoms with van der Waals surface area (Å²) in [6.07, 6.45) is 2.57. The smallest absolute Gasteiger partial charge is 0.236 e. The second-order valence-electron chi connectivity index (χ2n) is 4.67. The van der Waals surface area contributed by atoms with Crippen molar-refractivity contribution in [2.45, 2.75) is 18.4 Å². The Morgan fingerprint density at radius 2 is 2.23 bits per heavy atom. The van der Waals surface area contributed by atoms with Crippen molar-refractivity contribution in [3.05, 3.63) is 47.5 Å². The molecule has 0 aliphatic heterocycles. The summed E-state index contributed by atoms with van der Waals surface area (Å²) in [4.78, 5) is 20.7. The molecule has 3 aromatic rings. The molecule has 3 rings (SSSR count). The van der Waals surface area contributed by atoms with Crippen molar-refractivity contribution in [3.63, 3.8) is 0 Å². The Morgan fingerprint density at radius 1 is 1.36 bits per heavy atom. The molecule has 0 spiro atoms. The number of amides is 1. The van der Waals surface area contributed by atoms with Gasteiger partial charge in [-0.1, -0.05) is 36.9 Å². The number of nitrogens with one attached hydrogen (secondary N) is 1. The minimum Gasteiger partial charge on any atom is -0.301 e. The molecule has 1 aromatic carbocycles. The summed E-state index contributed by atoms with van der Waals surface area (Å²) in [7, 11) is 0. The van der Waals surface area contributed by atoms with Crippen molar-refractivity contribution in [2.75, 3.05) is 11.1 Å². The van der Waals surface area contributed by atoms with Gasteiger partial charge >= 0.3 is 0 Å². The number of fused-ring (bicyclic) bond motifs is 1. The maximum Gasteiger partial charge on any atom is 0.236 e. The monoisotopic (exact) mass is 329 g/mol. The van der Waals surface area contributed by atoms with Crippen LogP contribution in [0.2, 0.25) is 0 Å². The van der Waals surface area contributed by atoms with Gasteiger partial charge in [-0.05, 0) is 24.1 Å². The molecule has 2 heterocycles. The van der Waals surface area contributed by atoms with E-state index in [1.54, 1.807) is 6.20 Å². The number of anilines is 1. The van der Waals surface area contributed by atoms with Crippen LogP contribution in [0.25, 0.3) is 10.9 Å². The first-order chi connectivity index (χ1) is 10.8. The molecule has 0 atom stereocenters. The van der Waals surface area contributed by atoms with Crippen molar-refractivity contribution in [3.8, 4) is 0 Å². The Hall–Kier alpha value is -1.92. The summed E-state index contributed by atoms with van der Waals surface area (Å²) in [6, 6.07) is 10.2. The van der Waals surface area contributed by atoms with Crippen LogP contribution >= 0.6 is 23.1 Å². The molecule has 0 radical (unpaired) electrons. The molecule has 22 heavy (non-hydrogen) atoms. The number of aryl methyl sites for hydroxylation is 1. The summed E-state index contributed by atoms with van der Waals surface area (Å²) in [5, 5.41) is 7.32. The number of thioether (sulfide) groups is 1. The van der Waals surface area contributed by atoms with Crippen molar-refractivity contribution in [2.24, 2.45) is 0 Å². The number of nitrogens with zero attached hydrogens (tertiary/aromatic N) is 2. The molecule has 4 nitrogen and oxygen atoms in total. The molecule has 1 N–H and O–H groups in total. The molecule has 0 saturated heterocycles. The third kappa shape index (κ3) is 3.45. The zero-order valence-electron chi connectivity index (χ0n) is 12.1. The summed E-state index contributed by atoms with van der Waals surface area (Å²) >= 11 is 2.88. The van der Waals surface area contributed by atoms with Gasteiger partial charge in [-0.2, -0.15) is 0 Å². The van der Waals surface area contributed by atoms with Crippen molar-refractivity contribution in [1.82, 2.24) is 9.97 Å². The Morgan fingerprint density at radius 3 is 3.00 bits per heavy atom. The van der Waals surface area contributed by atoms with E-state index in [2.05, 4.69) is 34.3 Å². The Bertz CT molecular complexity index is 787. The van der Waals surface area contributed by atoms with Crippen LogP contribution in [0.3, 0.4) is 0 Å². The number of rotatable bonds is 5. The number of aromatic nitrogens is 2. The predicted octanol–water partition coefficient (Wildman–Crippen LogP) is 3.98. The van der Waals surface area contributed by atoms with Crippen LogP contribution in [0.1, 0.15) is 12.5 Å². The van der Waals surface area contributed by atoms with Crippen LogP contribution in [0, 0.1) is 0 Å². The number of hydrogen-bond donors (Lipinski definition) is 1. The van der Waals surface area contributed by atoms with E-state index >= 15 is 0 Å². The lowest BCUT2D eigenvalue weighted by atomic mass is 10.1. The number of hydrogen-bond acceptors (Lipinski definition) is 5. The van der Waals surface area contributed by atoms with Crippen LogP contribution in [0.15, 0.2) is 46.9 Å². The van der Waals surface area contributed by atoms with E-state index in [1.165, 1.54) is 28.7 Å². The zero-order valence-corrected chi connectivity index (χ0v) is 13.7. The minimum absolute atomic E-state index is 0.0584. The Labute approximate surface area is 137 Å². The highest BCUT2D eigenvalue weighted by Crippen LogP contribution is 2.25. The molecule has 112 valence electrons. The molecule has 0 bridgehead atoms. The van der Waals surface area contributed by atoms with Crippen LogP contribution < -0.4 is 5.32 Å². The fourth-order valence-corrected chi connectivity index (χ4v) is 3.53. The Balaban J connectivity index is 1.73. The molecule has 0 fully saturated rings. The average Bonchev–Trinajstić information content (AvgIpc) is 3.04. The lowest BCUT2D eigenvalue weighted by Crippen LogP contribution is -2.14. The van der Waals surface area contributed by atoms with Crippen LogP contribution in [-0.2, 0) is 11.2 Å². The first-order valence-electron chi connectivity index (χ1n) is 6.97. The van der Waals surface area contributed by atoms with E-state index in [4.69, 9.17) is 0 Å². The van der Waals surface area contributed by atoms with E-state index in [0.717, 1.165) is 22.3 Å². The van der Waals surface area contributed by atoms with Crippen molar-refractivity contribution >= 4 is 45.0 Å². The maximum atomic E-state index is 12.0. The van der Waals surface area contributed by atoms with Gasteiger partial charge < -0.3 is 5.32 Å². The summed E-state index contributed by atoms with van der Waals surface area (Å²) in [5.41, 5.74) is 2.13. The predicted molar refractivity (Wildman–Crippen MR) is 92.6 cm³/mol. The number of carbonyl (C=O) groups is 1. The van der Waals surface area contributed by atoms with Crippen LogP contribution in [0.4, 0.5) is 5.13 Å². The molecular formula is C16H15N3OS2. The first-order valence-corrected chi connectivity index (χ1v) is 8.83. The van der Waals surface area contributed by atoms with Crippen LogP contribution in [0.5, 0.6) is 0 Å². The van der Waals surface area contributed by atoms with E-state index in [-0.39, 0.29) is 5.91 Å². The SMILES string of the molecule is CCc1cc2ccccc2nc1SCC(=O)Nc1nccs1. The third-order valence-electron chi connectivity index (χ3n) is 3.16. The third-order valence-corrected chi connectivity index (χ3v) is 4.88. The molecule has 1 amide bonds. The minimum atomic E-state index is -0.0584. The second kappa shape index (κ2) is 6.89. The van der Waals surface area contributed by atoms with E-state index in [1.807, 2.05) is 23.6 Å². The van der Waals surface area contributed by atoms with Gasteiger partial charge in [0.05, 0.1) is 11.3 Å². The highest BCUT2D eigenvalue weighted by atomic mass is 32.2. The van der Waals surface area contributed by atoms with E-state index in [0.29, 0.717) is 10.9 Å². The van der Waals surface area contributed by atoms with E-state index < -0.39 is 0 Å². The summed E-state index contributed by atoms with van der Waals surface area (Å²) < 4.78 is 0. The highest BCUT2D eigenvalue weighted by molar-refractivity contribution is 8.00. The topological polar surface area (TPSA) is 54.9 Å². The number of pyridine rings is 1. The second-order valence-corrected chi connectivity index (χ2v) is 6.53. The highest BCUT2D eigenvalue weighted by Gasteiger charge is 2.10. The first kappa shape index (κ1) is 15.0. The van der Waals surface area contributed by atoms with Crippen molar-refractivity contribution in [1.29, 1.82) is 0 Å². The number of para-hydroxylation sites is 1. The number of carbonyl (C=O) groups excluding carboxylic acids is 1. The summed E-state index contributed by atoms with van der Waals surface area (Å²) in [5.74, 6) is 0.273. The fourth-order valence-electron chi connectivity index (χ4n) is 2.09. The van der Waals surface area contributed by atoms with Gasteiger partial charge in [-0.15, -0.1) is 11.3 Å². The maximum absolute atomic E-state index is 12.0. The normalized spacial score (nSPS) is 10.8. The van der Waals surface area contributed by atoms with Gasteiger partial charge in [0.2, 0.25) is 5.91 Å². The molecular weight excluding hydrogens is 314 g/mol. The Kier molecular flexibility index (Phi) is 4.70. The molecule has 0 aliphatic carbocycles. The average molecular weight is 329 g/mol. The molecule has 0 aliphatic rings. The lowest BCUT2D eigenvalue weighted by molar-refractivity contribution is -0.113. The van der Waals surface area contributed by atoms with Gasteiger partial charge in [0.1, 0.15) is 5.03 Å². The summed E-state index contributed by atoms with van der Waals surface area (Å²) in [6.45, 7) is 2.10. The van der Waals surface area contributed by atoms with Gasteiger partial charge in [-0.3, -0.25) is 4.79 Å². The standard InChI is InChI=1S/C16H15N3OS2/c1-2-11-9-12-5-3-4-6-13(12)18-15(11)22-10-14(20)19-16-17-7-8-21-16/h3-9H,2,10H2,1H3,(H,17,19,20). The molecule has 6 heteroatoms. The number of thiazole rings is 1. The van der Waals surface area contributed by atoms with Gasteiger partial charge in [-0.25, -0.2) is 9.97 Å². The molecule has 0 saturated carbocycles. The molecule has 0 unspecified atom stereocenters. The van der Waals surface area contributed by atoms with Crippen molar-refractivity contribution < 1.29 is 4.79 Å². The van der Waals surface area contributed by atoms with Gasteiger partial charge in [0.25, 0.3) is 0 Å². The van der Waals surface area contributed by atoms with Gasteiger partial charge in [0, 0.05) is 17.0 Å². The lowest BCUT2D eigenvalue weighted by Gasteiger charge is -2.08. The fraction of sp³-hybridized carbons (Fsp3) is 0.188.